The Balaban J connectivity index is 3.20. The molecule has 1 aromatic carbocycles. The van der Waals surface area contributed by atoms with Gasteiger partial charge in [0.15, 0.2) is 0 Å². The highest BCUT2D eigenvalue weighted by Crippen LogP contribution is 2.28. The number of hydrogen-bond donors (Lipinski definition) is 1. The van der Waals surface area contributed by atoms with Crippen molar-refractivity contribution >= 4 is 28.1 Å². The standard InChI is InChI=1S/C13H23NO2Si2/c1-17(2,3)14(18(4,5)6)12-9-7-11(8-10-12)13(15)16/h7-10H,1-6H3,(H,15,16). The van der Waals surface area contributed by atoms with Gasteiger partial charge in [0.1, 0.15) is 16.5 Å². The van der Waals surface area contributed by atoms with Crippen molar-refractivity contribution in [1.29, 1.82) is 0 Å². The lowest BCUT2D eigenvalue weighted by Gasteiger charge is -2.46. The number of rotatable bonds is 4. The van der Waals surface area contributed by atoms with E-state index in [1.807, 2.05) is 12.1 Å². The molecule has 5 heteroatoms. The van der Waals surface area contributed by atoms with Gasteiger partial charge in [-0.05, 0) is 24.3 Å². The fraction of sp³-hybridized carbons (Fsp3) is 0.462. The highest BCUT2D eigenvalue weighted by Gasteiger charge is 2.34. The highest BCUT2D eigenvalue weighted by atomic mass is 28.4. The van der Waals surface area contributed by atoms with E-state index >= 15 is 0 Å². The molecule has 0 heterocycles. The van der Waals surface area contributed by atoms with E-state index < -0.39 is 22.4 Å². The number of carboxylic acid groups (broad SMARTS) is 1. The second-order valence-electron chi connectivity index (χ2n) is 6.53. The number of carbonyl (C=O) groups is 1. The first-order chi connectivity index (χ1) is 8.03. The molecule has 1 aromatic rings. The largest absolute Gasteiger partial charge is 0.478 e. The zero-order valence-corrected chi connectivity index (χ0v) is 14.1. The van der Waals surface area contributed by atoms with Gasteiger partial charge in [-0.15, -0.1) is 0 Å². The molecule has 0 fully saturated rings. The Labute approximate surface area is 112 Å². The van der Waals surface area contributed by atoms with E-state index in [-0.39, 0.29) is 0 Å². The summed E-state index contributed by atoms with van der Waals surface area (Å²) in [4.78, 5) is 10.9. The first kappa shape index (κ1) is 15.0. The summed E-state index contributed by atoms with van der Waals surface area (Å²) in [6.45, 7) is 14.0. The smallest absolute Gasteiger partial charge is 0.335 e. The van der Waals surface area contributed by atoms with E-state index in [0.29, 0.717) is 5.56 Å². The summed E-state index contributed by atoms with van der Waals surface area (Å²) in [5.74, 6) is -0.867. The number of hydrogen-bond acceptors (Lipinski definition) is 2. The van der Waals surface area contributed by atoms with Crippen LogP contribution >= 0.6 is 0 Å². The molecule has 0 bridgehead atoms. The summed E-state index contributed by atoms with van der Waals surface area (Å²) in [6.07, 6.45) is 0. The Hall–Kier alpha value is -1.08. The fourth-order valence-electron chi connectivity index (χ4n) is 2.53. The lowest BCUT2D eigenvalue weighted by atomic mass is 10.2. The van der Waals surface area contributed by atoms with E-state index in [9.17, 15) is 4.79 Å². The van der Waals surface area contributed by atoms with Crippen molar-refractivity contribution in [3.05, 3.63) is 29.8 Å². The summed E-state index contributed by atoms with van der Waals surface area (Å²) in [7, 11) is -2.92. The molecule has 3 nitrogen and oxygen atoms in total. The molecule has 18 heavy (non-hydrogen) atoms. The number of carboxylic acids is 1. The Bertz CT molecular complexity index is 416. The van der Waals surface area contributed by atoms with E-state index in [2.05, 4.69) is 43.5 Å². The zero-order chi connectivity index (χ0) is 14.1. The van der Waals surface area contributed by atoms with Crippen molar-refractivity contribution in [2.75, 3.05) is 4.23 Å². The molecule has 0 amide bonds. The monoisotopic (exact) mass is 281 g/mol. The Kier molecular flexibility index (Phi) is 4.07. The molecule has 0 radical (unpaired) electrons. The Morgan fingerprint density at radius 1 is 0.944 bits per heavy atom. The van der Waals surface area contributed by atoms with Crippen molar-refractivity contribution in [2.45, 2.75) is 39.3 Å². The quantitative estimate of drug-likeness (QED) is 0.852. The highest BCUT2D eigenvalue weighted by molar-refractivity contribution is 6.99. The first-order valence-electron chi connectivity index (χ1n) is 6.17. The molecule has 1 rings (SSSR count). The normalized spacial score (nSPS) is 12.3. The van der Waals surface area contributed by atoms with Crippen LogP contribution in [-0.2, 0) is 0 Å². The molecular weight excluding hydrogens is 258 g/mol. The van der Waals surface area contributed by atoms with Gasteiger partial charge in [-0.3, -0.25) is 0 Å². The molecule has 0 saturated carbocycles. The molecule has 0 aliphatic rings. The molecule has 0 spiro atoms. The fourth-order valence-corrected chi connectivity index (χ4v) is 12.4. The topological polar surface area (TPSA) is 40.5 Å². The van der Waals surface area contributed by atoms with E-state index in [1.54, 1.807) is 12.1 Å². The van der Waals surface area contributed by atoms with Crippen molar-refractivity contribution in [2.24, 2.45) is 0 Å². The third kappa shape index (κ3) is 3.46. The minimum Gasteiger partial charge on any atom is -0.478 e. The molecule has 1 N–H and O–H groups in total. The molecule has 0 aliphatic carbocycles. The van der Waals surface area contributed by atoms with Crippen LogP contribution in [0.15, 0.2) is 24.3 Å². The predicted octanol–water partition coefficient (Wildman–Crippen LogP) is 3.86. The lowest BCUT2D eigenvalue weighted by molar-refractivity contribution is 0.0697. The maximum atomic E-state index is 10.9. The average Bonchev–Trinajstić information content (AvgIpc) is 2.13. The first-order valence-corrected chi connectivity index (χ1v) is 13.1. The molecule has 0 aliphatic heterocycles. The van der Waals surface area contributed by atoms with Crippen LogP contribution in [0.1, 0.15) is 10.4 Å². The predicted molar refractivity (Wildman–Crippen MR) is 82.6 cm³/mol. The van der Waals surface area contributed by atoms with Crippen molar-refractivity contribution < 1.29 is 9.90 Å². The van der Waals surface area contributed by atoms with Crippen molar-refractivity contribution in [3.8, 4) is 0 Å². The van der Waals surface area contributed by atoms with Crippen LogP contribution in [0.25, 0.3) is 0 Å². The summed E-state index contributed by atoms with van der Waals surface area (Å²) in [5.41, 5.74) is 1.52. The van der Waals surface area contributed by atoms with E-state index in [4.69, 9.17) is 5.11 Å². The molecule has 0 atom stereocenters. The molecule has 0 saturated heterocycles. The minimum absolute atomic E-state index is 0.352. The van der Waals surface area contributed by atoms with Gasteiger partial charge in [-0.2, -0.15) is 0 Å². The van der Waals surface area contributed by atoms with Gasteiger partial charge in [0, 0.05) is 5.69 Å². The van der Waals surface area contributed by atoms with Crippen LogP contribution in [0.2, 0.25) is 39.3 Å². The summed E-state index contributed by atoms with van der Waals surface area (Å²) < 4.78 is 2.58. The Morgan fingerprint density at radius 2 is 1.33 bits per heavy atom. The molecular formula is C13H23NO2Si2. The van der Waals surface area contributed by atoms with Gasteiger partial charge in [-0.25, -0.2) is 4.79 Å². The second kappa shape index (κ2) is 4.89. The van der Waals surface area contributed by atoms with E-state index in [0.717, 1.165) is 0 Å². The van der Waals surface area contributed by atoms with Gasteiger partial charge in [0.05, 0.1) is 5.56 Å². The van der Waals surface area contributed by atoms with Gasteiger partial charge in [0.2, 0.25) is 0 Å². The van der Waals surface area contributed by atoms with Crippen molar-refractivity contribution in [3.63, 3.8) is 0 Å². The third-order valence-electron chi connectivity index (χ3n) is 2.71. The molecule has 100 valence electrons. The van der Waals surface area contributed by atoms with Crippen LogP contribution in [0.5, 0.6) is 0 Å². The van der Waals surface area contributed by atoms with E-state index in [1.165, 1.54) is 5.69 Å². The van der Waals surface area contributed by atoms with Crippen LogP contribution in [-0.4, -0.2) is 27.5 Å². The van der Waals surface area contributed by atoms with Gasteiger partial charge < -0.3 is 9.34 Å². The maximum Gasteiger partial charge on any atom is 0.335 e. The molecule has 0 unspecified atom stereocenters. The summed E-state index contributed by atoms with van der Waals surface area (Å²) >= 11 is 0. The van der Waals surface area contributed by atoms with Gasteiger partial charge >= 0.3 is 5.97 Å². The maximum absolute atomic E-state index is 10.9. The van der Waals surface area contributed by atoms with Crippen molar-refractivity contribution in [1.82, 2.24) is 0 Å². The van der Waals surface area contributed by atoms with Crippen LogP contribution < -0.4 is 4.23 Å². The van der Waals surface area contributed by atoms with Gasteiger partial charge in [-0.1, -0.05) is 39.3 Å². The van der Waals surface area contributed by atoms with Crippen LogP contribution in [0.3, 0.4) is 0 Å². The SMILES string of the molecule is C[Si](C)(C)N(c1ccc(C(=O)O)cc1)[Si](C)(C)C. The second-order valence-corrected chi connectivity index (χ2v) is 16.6. The lowest BCUT2D eigenvalue weighted by Crippen LogP contribution is -2.59. The zero-order valence-electron chi connectivity index (χ0n) is 12.1. The summed E-state index contributed by atoms with van der Waals surface area (Å²) in [6, 6.07) is 7.29. The number of benzene rings is 1. The number of nitrogens with zero attached hydrogens (tertiary/aromatic N) is 1. The number of anilines is 1. The number of aromatic carboxylic acids is 1. The Morgan fingerprint density at radius 3 is 1.61 bits per heavy atom. The summed E-state index contributed by atoms with van der Waals surface area (Å²) in [5, 5.41) is 8.94. The third-order valence-corrected chi connectivity index (χ3v) is 9.94. The van der Waals surface area contributed by atoms with Gasteiger partial charge in [0.25, 0.3) is 0 Å². The van der Waals surface area contributed by atoms with Crippen LogP contribution in [0.4, 0.5) is 5.69 Å². The average molecular weight is 282 g/mol. The molecule has 0 aromatic heterocycles. The minimum atomic E-state index is -1.46. The van der Waals surface area contributed by atoms with Crippen LogP contribution in [0, 0.1) is 0 Å².